The summed E-state index contributed by atoms with van der Waals surface area (Å²) in [5, 5.41) is 2.86. The van der Waals surface area contributed by atoms with Gasteiger partial charge < -0.3 is 5.32 Å². The minimum absolute atomic E-state index is 0.0313. The number of hydrogen-bond donors (Lipinski definition) is 1. The largest absolute Gasteiger partial charge is 0.382 e. The summed E-state index contributed by atoms with van der Waals surface area (Å²) in [6, 6.07) is 2.17. The number of benzene rings is 1. The zero-order valence-electron chi connectivity index (χ0n) is 10.9. The lowest BCUT2D eigenvalue weighted by atomic mass is 9.99. The summed E-state index contributed by atoms with van der Waals surface area (Å²) in [5.74, 6) is -3.28. The van der Waals surface area contributed by atoms with Crippen molar-refractivity contribution < 1.29 is 13.2 Å². The van der Waals surface area contributed by atoms with Crippen molar-refractivity contribution >= 4 is 5.69 Å². The van der Waals surface area contributed by atoms with Gasteiger partial charge in [0.15, 0.2) is 17.5 Å². The normalized spacial score (nSPS) is 12.5. The molecule has 1 atom stereocenters. The van der Waals surface area contributed by atoms with Crippen LogP contribution in [0.4, 0.5) is 18.9 Å². The number of hydrogen-bond acceptors (Lipinski definition) is 1. The van der Waals surface area contributed by atoms with E-state index >= 15 is 0 Å². The molecule has 0 radical (unpaired) electrons. The van der Waals surface area contributed by atoms with Crippen molar-refractivity contribution in [2.45, 2.75) is 39.5 Å². The van der Waals surface area contributed by atoms with Crippen LogP contribution in [0.15, 0.2) is 12.1 Å². The molecule has 0 spiro atoms. The van der Waals surface area contributed by atoms with Crippen LogP contribution in [-0.4, -0.2) is 6.54 Å². The summed E-state index contributed by atoms with van der Waals surface area (Å²) in [4.78, 5) is 0. The first-order valence-electron chi connectivity index (χ1n) is 6.47. The van der Waals surface area contributed by atoms with E-state index in [4.69, 9.17) is 0 Å². The molecule has 1 aromatic carbocycles. The van der Waals surface area contributed by atoms with Gasteiger partial charge in [-0.1, -0.05) is 33.1 Å². The van der Waals surface area contributed by atoms with E-state index in [1.54, 1.807) is 0 Å². The first kappa shape index (κ1) is 14.9. The van der Waals surface area contributed by atoms with Gasteiger partial charge in [-0.25, -0.2) is 13.2 Å². The van der Waals surface area contributed by atoms with Gasteiger partial charge in [0.25, 0.3) is 0 Å². The molecule has 0 heterocycles. The Bertz CT molecular complexity index is 380. The molecular weight excluding hydrogens is 239 g/mol. The molecule has 1 rings (SSSR count). The molecule has 102 valence electrons. The molecule has 0 amide bonds. The van der Waals surface area contributed by atoms with Gasteiger partial charge >= 0.3 is 0 Å². The second-order valence-electron chi connectivity index (χ2n) is 4.52. The third-order valence-electron chi connectivity index (χ3n) is 3.16. The summed E-state index contributed by atoms with van der Waals surface area (Å²) in [6.45, 7) is 4.78. The van der Waals surface area contributed by atoms with Crippen LogP contribution in [0, 0.1) is 23.4 Å². The van der Waals surface area contributed by atoms with Gasteiger partial charge in [0.1, 0.15) is 0 Å². The monoisotopic (exact) mass is 259 g/mol. The molecule has 4 heteroatoms. The first-order chi connectivity index (χ1) is 8.60. The van der Waals surface area contributed by atoms with E-state index in [0.717, 1.165) is 31.7 Å². The van der Waals surface area contributed by atoms with Gasteiger partial charge in [0.05, 0.1) is 5.69 Å². The highest BCUT2D eigenvalue weighted by Crippen LogP contribution is 2.21. The highest BCUT2D eigenvalue weighted by Gasteiger charge is 2.14. The number of halogens is 3. The van der Waals surface area contributed by atoms with E-state index in [1.807, 2.05) is 0 Å². The average Bonchev–Trinajstić information content (AvgIpc) is 2.38. The van der Waals surface area contributed by atoms with Gasteiger partial charge in [0.2, 0.25) is 0 Å². The number of rotatable bonds is 7. The Kier molecular flexibility index (Phi) is 6.02. The summed E-state index contributed by atoms with van der Waals surface area (Å²) >= 11 is 0. The van der Waals surface area contributed by atoms with Gasteiger partial charge in [0, 0.05) is 6.54 Å². The van der Waals surface area contributed by atoms with Crippen LogP contribution in [0.25, 0.3) is 0 Å². The Morgan fingerprint density at radius 3 is 2.44 bits per heavy atom. The van der Waals surface area contributed by atoms with Gasteiger partial charge in [-0.05, 0) is 24.5 Å². The molecule has 1 nitrogen and oxygen atoms in total. The lowest BCUT2D eigenvalue weighted by Gasteiger charge is -2.16. The van der Waals surface area contributed by atoms with Crippen LogP contribution >= 0.6 is 0 Å². The molecule has 0 aliphatic rings. The van der Waals surface area contributed by atoms with Crippen molar-refractivity contribution in [1.82, 2.24) is 0 Å². The molecule has 0 aliphatic heterocycles. The fourth-order valence-corrected chi connectivity index (χ4v) is 1.86. The maximum absolute atomic E-state index is 13.4. The van der Waals surface area contributed by atoms with Crippen molar-refractivity contribution in [3.63, 3.8) is 0 Å². The van der Waals surface area contributed by atoms with Gasteiger partial charge in [-0.15, -0.1) is 0 Å². The van der Waals surface area contributed by atoms with Crippen LogP contribution in [0.3, 0.4) is 0 Å². The van der Waals surface area contributed by atoms with E-state index in [-0.39, 0.29) is 5.69 Å². The average molecular weight is 259 g/mol. The Balaban J connectivity index is 2.59. The first-order valence-corrected chi connectivity index (χ1v) is 6.47. The Hall–Kier alpha value is -1.19. The van der Waals surface area contributed by atoms with E-state index in [0.29, 0.717) is 12.5 Å². The molecule has 1 N–H and O–H groups in total. The second kappa shape index (κ2) is 7.29. The molecule has 18 heavy (non-hydrogen) atoms. The molecule has 0 bridgehead atoms. The van der Waals surface area contributed by atoms with Crippen LogP contribution in [0.1, 0.15) is 39.5 Å². The van der Waals surface area contributed by atoms with E-state index in [1.165, 1.54) is 6.07 Å². The van der Waals surface area contributed by atoms with Crippen LogP contribution in [0.2, 0.25) is 0 Å². The molecule has 1 aromatic rings. The third kappa shape index (κ3) is 3.93. The van der Waals surface area contributed by atoms with Crippen molar-refractivity contribution in [3.8, 4) is 0 Å². The Morgan fingerprint density at radius 1 is 1.11 bits per heavy atom. The van der Waals surface area contributed by atoms with Crippen molar-refractivity contribution in [2.24, 2.45) is 5.92 Å². The smallest absolute Gasteiger partial charge is 0.196 e. The quantitative estimate of drug-likeness (QED) is 0.698. The summed E-state index contributed by atoms with van der Waals surface area (Å²) in [7, 11) is 0. The molecule has 1 unspecified atom stereocenters. The fraction of sp³-hybridized carbons (Fsp3) is 0.571. The minimum Gasteiger partial charge on any atom is -0.382 e. The summed E-state index contributed by atoms with van der Waals surface area (Å²) < 4.78 is 39.1. The van der Waals surface area contributed by atoms with E-state index in [2.05, 4.69) is 19.2 Å². The van der Waals surface area contributed by atoms with Crippen LogP contribution in [-0.2, 0) is 0 Å². The molecule has 0 fully saturated rings. The third-order valence-corrected chi connectivity index (χ3v) is 3.16. The second-order valence-corrected chi connectivity index (χ2v) is 4.52. The van der Waals surface area contributed by atoms with E-state index < -0.39 is 17.5 Å². The molecular formula is C14H20F3N. The molecule has 0 aliphatic carbocycles. The molecule has 0 aromatic heterocycles. The van der Waals surface area contributed by atoms with E-state index in [9.17, 15) is 13.2 Å². The standard InChI is InChI=1S/C14H20F3N/c1-3-5-6-10(4-2)9-18-12-8-7-11(15)13(16)14(12)17/h7-8,10,18H,3-6,9H2,1-2H3. The highest BCUT2D eigenvalue weighted by molar-refractivity contribution is 5.45. The molecule has 0 saturated carbocycles. The van der Waals surface area contributed by atoms with Gasteiger partial charge in [-0.3, -0.25) is 0 Å². The Labute approximate surface area is 106 Å². The Morgan fingerprint density at radius 2 is 1.83 bits per heavy atom. The maximum Gasteiger partial charge on any atom is 0.196 e. The summed E-state index contributed by atoms with van der Waals surface area (Å²) in [5.41, 5.74) is 0.0313. The van der Waals surface area contributed by atoms with Crippen molar-refractivity contribution in [3.05, 3.63) is 29.6 Å². The lowest BCUT2D eigenvalue weighted by molar-refractivity contribution is 0.445. The zero-order chi connectivity index (χ0) is 13.5. The molecule has 0 saturated heterocycles. The minimum atomic E-state index is -1.42. The fourth-order valence-electron chi connectivity index (χ4n) is 1.86. The predicted octanol–water partition coefficient (Wildman–Crippen LogP) is 4.73. The van der Waals surface area contributed by atoms with Crippen molar-refractivity contribution in [1.29, 1.82) is 0 Å². The predicted molar refractivity (Wildman–Crippen MR) is 68.1 cm³/mol. The number of anilines is 1. The zero-order valence-corrected chi connectivity index (χ0v) is 10.9. The van der Waals surface area contributed by atoms with Crippen LogP contribution in [0.5, 0.6) is 0 Å². The lowest BCUT2D eigenvalue weighted by Crippen LogP contribution is -2.15. The maximum atomic E-state index is 13.4. The topological polar surface area (TPSA) is 12.0 Å². The number of nitrogens with one attached hydrogen (secondary N) is 1. The number of unbranched alkanes of at least 4 members (excludes halogenated alkanes) is 1. The van der Waals surface area contributed by atoms with Crippen molar-refractivity contribution in [2.75, 3.05) is 11.9 Å². The SMILES string of the molecule is CCCCC(CC)CNc1ccc(F)c(F)c1F. The van der Waals surface area contributed by atoms with Gasteiger partial charge in [-0.2, -0.15) is 0 Å². The van der Waals surface area contributed by atoms with Crippen LogP contribution < -0.4 is 5.32 Å². The highest BCUT2D eigenvalue weighted by atomic mass is 19.2. The summed E-state index contributed by atoms with van der Waals surface area (Å²) in [6.07, 6.45) is 4.29.